The maximum atomic E-state index is 12.1. The molecule has 2 heterocycles. The Labute approximate surface area is 151 Å². The second kappa shape index (κ2) is 7.90. The number of hydrogen-bond donors (Lipinski definition) is 1. The molecule has 1 aromatic carbocycles. The molecule has 0 spiro atoms. The molecule has 6 nitrogen and oxygen atoms in total. The van der Waals surface area contributed by atoms with Gasteiger partial charge in [0.1, 0.15) is 17.3 Å². The van der Waals surface area contributed by atoms with Gasteiger partial charge in [-0.3, -0.25) is 9.78 Å². The monoisotopic (exact) mass is 343 g/mol. The van der Waals surface area contributed by atoms with Crippen LogP contribution in [0.1, 0.15) is 12.5 Å². The summed E-state index contributed by atoms with van der Waals surface area (Å²) in [5, 5.41) is 16.6. The van der Waals surface area contributed by atoms with Gasteiger partial charge in [0.15, 0.2) is 0 Å². The maximum absolute atomic E-state index is 12.1. The number of amides is 1. The molecule has 0 aliphatic carbocycles. The molecular weight excluding hydrogens is 326 g/mol. The quantitative estimate of drug-likeness (QED) is 0.570. The molecule has 26 heavy (non-hydrogen) atoms. The zero-order valence-corrected chi connectivity index (χ0v) is 14.3. The summed E-state index contributed by atoms with van der Waals surface area (Å²) in [6.07, 6.45) is 6.73. The van der Waals surface area contributed by atoms with Gasteiger partial charge < -0.3 is 5.32 Å². The van der Waals surface area contributed by atoms with Gasteiger partial charge in [-0.2, -0.15) is 10.4 Å². The summed E-state index contributed by atoms with van der Waals surface area (Å²) in [5.41, 5.74) is 3.14. The second-order valence-electron chi connectivity index (χ2n) is 5.48. The minimum atomic E-state index is -0.400. The fourth-order valence-electron chi connectivity index (χ4n) is 2.50. The Balaban J connectivity index is 2.12. The Morgan fingerprint density at radius 2 is 1.96 bits per heavy atom. The first-order chi connectivity index (χ1) is 12.7. The summed E-state index contributed by atoms with van der Waals surface area (Å²) in [5.74, 6) is -0.400. The van der Waals surface area contributed by atoms with Crippen LogP contribution in [0.2, 0.25) is 0 Å². The number of benzene rings is 1. The van der Waals surface area contributed by atoms with E-state index in [-0.39, 0.29) is 5.57 Å². The largest absolute Gasteiger partial charge is 0.352 e. The zero-order valence-electron chi connectivity index (χ0n) is 14.3. The van der Waals surface area contributed by atoms with Gasteiger partial charge in [-0.05, 0) is 37.3 Å². The summed E-state index contributed by atoms with van der Waals surface area (Å²) < 4.78 is 1.73. The van der Waals surface area contributed by atoms with E-state index >= 15 is 0 Å². The third-order valence-electron chi connectivity index (χ3n) is 3.72. The van der Waals surface area contributed by atoms with Crippen molar-refractivity contribution in [2.75, 3.05) is 6.54 Å². The van der Waals surface area contributed by atoms with Crippen molar-refractivity contribution in [1.29, 1.82) is 5.26 Å². The van der Waals surface area contributed by atoms with Crippen molar-refractivity contribution in [2.24, 2.45) is 0 Å². The molecule has 6 heteroatoms. The van der Waals surface area contributed by atoms with E-state index in [1.165, 1.54) is 0 Å². The molecule has 0 saturated heterocycles. The van der Waals surface area contributed by atoms with Crippen molar-refractivity contribution in [3.05, 3.63) is 72.2 Å². The molecular formula is C20H17N5O. The molecule has 1 N–H and O–H groups in total. The SMILES string of the molecule is CCNC(=O)/C(C#N)=C/c1cn(-c2ccccc2)nc1-c1ccncc1. The van der Waals surface area contributed by atoms with E-state index in [9.17, 15) is 10.1 Å². The van der Waals surface area contributed by atoms with Crippen molar-refractivity contribution < 1.29 is 4.79 Å². The van der Waals surface area contributed by atoms with E-state index in [0.29, 0.717) is 17.8 Å². The number of nitrogens with one attached hydrogen (secondary N) is 1. The summed E-state index contributed by atoms with van der Waals surface area (Å²) in [6, 6.07) is 15.3. The van der Waals surface area contributed by atoms with E-state index < -0.39 is 5.91 Å². The standard InChI is InChI=1S/C20H17N5O/c1-2-23-20(26)16(13-21)12-17-14-25(18-6-4-3-5-7-18)24-19(17)15-8-10-22-11-9-15/h3-12,14H,2H2,1H3,(H,23,26)/b16-12+. The van der Waals surface area contributed by atoms with Crippen molar-refractivity contribution in [3.8, 4) is 23.0 Å². The van der Waals surface area contributed by atoms with Crippen LogP contribution in [0.15, 0.2) is 66.6 Å². The summed E-state index contributed by atoms with van der Waals surface area (Å²) in [7, 11) is 0. The number of pyridine rings is 1. The molecule has 1 amide bonds. The minimum Gasteiger partial charge on any atom is -0.352 e. The predicted octanol–water partition coefficient (Wildman–Crippen LogP) is 2.98. The van der Waals surface area contributed by atoms with Crippen LogP contribution in [0.5, 0.6) is 0 Å². The van der Waals surface area contributed by atoms with Gasteiger partial charge in [0.05, 0.1) is 5.69 Å². The van der Waals surface area contributed by atoms with Crippen LogP contribution in [0.25, 0.3) is 23.0 Å². The van der Waals surface area contributed by atoms with Gasteiger partial charge in [0, 0.05) is 36.3 Å². The second-order valence-corrected chi connectivity index (χ2v) is 5.48. The van der Waals surface area contributed by atoms with Crippen molar-refractivity contribution in [3.63, 3.8) is 0 Å². The third kappa shape index (κ3) is 3.68. The highest BCUT2D eigenvalue weighted by atomic mass is 16.1. The van der Waals surface area contributed by atoms with E-state index in [1.54, 1.807) is 23.2 Å². The Hall–Kier alpha value is -3.72. The van der Waals surface area contributed by atoms with Gasteiger partial charge in [0.2, 0.25) is 0 Å². The Kier molecular flexibility index (Phi) is 5.20. The van der Waals surface area contributed by atoms with Crippen LogP contribution in [0.4, 0.5) is 0 Å². The lowest BCUT2D eigenvalue weighted by molar-refractivity contribution is -0.116. The fourth-order valence-corrected chi connectivity index (χ4v) is 2.50. The average Bonchev–Trinajstić information content (AvgIpc) is 3.11. The number of para-hydroxylation sites is 1. The summed E-state index contributed by atoms with van der Waals surface area (Å²) in [6.45, 7) is 2.26. The van der Waals surface area contributed by atoms with Crippen molar-refractivity contribution >= 4 is 12.0 Å². The number of carbonyl (C=O) groups excluding carboxylic acids is 1. The lowest BCUT2D eigenvalue weighted by Gasteiger charge is -2.01. The number of hydrogen-bond acceptors (Lipinski definition) is 4. The number of likely N-dealkylation sites (N-methyl/N-ethyl adjacent to an activating group) is 1. The number of nitrogens with zero attached hydrogens (tertiary/aromatic N) is 4. The Bertz CT molecular complexity index is 968. The van der Waals surface area contributed by atoms with E-state index in [1.807, 2.05) is 61.7 Å². The van der Waals surface area contributed by atoms with E-state index in [0.717, 1.165) is 11.3 Å². The lowest BCUT2D eigenvalue weighted by Crippen LogP contribution is -2.23. The van der Waals surface area contributed by atoms with Gasteiger partial charge >= 0.3 is 0 Å². The van der Waals surface area contributed by atoms with Gasteiger partial charge in [-0.1, -0.05) is 18.2 Å². The molecule has 0 aliphatic heterocycles. The normalized spacial score (nSPS) is 11.0. The highest BCUT2D eigenvalue weighted by Gasteiger charge is 2.14. The summed E-state index contributed by atoms with van der Waals surface area (Å²) in [4.78, 5) is 16.1. The number of aromatic nitrogens is 3. The zero-order chi connectivity index (χ0) is 18.4. The Morgan fingerprint density at radius 3 is 2.62 bits per heavy atom. The van der Waals surface area contributed by atoms with Gasteiger partial charge in [-0.25, -0.2) is 4.68 Å². The minimum absolute atomic E-state index is 0.0368. The topological polar surface area (TPSA) is 83.6 Å². The molecule has 0 unspecified atom stereocenters. The van der Waals surface area contributed by atoms with Crippen LogP contribution < -0.4 is 5.32 Å². The average molecular weight is 343 g/mol. The smallest absolute Gasteiger partial charge is 0.261 e. The van der Waals surface area contributed by atoms with Gasteiger partial charge in [-0.15, -0.1) is 0 Å². The molecule has 0 aliphatic rings. The molecule has 2 aromatic heterocycles. The molecule has 0 fully saturated rings. The van der Waals surface area contributed by atoms with Crippen molar-refractivity contribution in [2.45, 2.75) is 6.92 Å². The molecule has 3 aromatic rings. The summed E-state index contributed by atoms with van der Waals surface area (Å²) >= 11 is 0. The first-order valence-corrected chi connectivity index (χ1v) is 8.18. The maximum Gasteiger partial charge on any atom is 0.261 e. The van der Waals surface area contributed by atoms with Crippen molar-refractivity contribution in [1.82, 2.24) is 20.1 Å². The number of nitriles is 1. The molecule has 0 radical (unpaired) electrons. The first-order valence-electron chi connectivity index (χ1n) is 8.18. The molecule has 128 valence electrons. The molecule has 0 bridgehead atoms. The van der Waals surface area contributed by atoms with Crippen LogP contribution in [-0.4, -0.2) is 27.2 Å². The molecule has 0 atom stereocenters. The molecule has 3 rings (SSSR count). The Morgan fingerprint density at radius 1 is 1.23 bits per heavy atom. The van der Waals surface area contributed by atoms with Crippen LogP contribution in [0, 0.1) is 11.3 Å². The number of carbonyl (C=O) groups is 1. The van der Waals surface area contributed by atoms with E-state index in [2.05, 4.69) is 15.4 Å². The number of rotatable bonds is 5. The van der Waals surface area contributed by atoms with Crippen LogP contribution in [0.3, 0.4) is 0 Å². The van der Waals surface area contributed by atoms with Crippen LogP contribution in [-0.2, 0) is 4.79 Å². The van der Waals surface area contributed by atoms with Crippen LogP contribution >= 0.6 is 0 Å². The molecule has 0 saturated carbocycles. The highest BCUT2D eigenvalue weighted by molar-refractivity contribution is 6.02. The predicted molar refractivity (Wildman–Crippen MR) is 99.1 cm³/mol. The highest BCUT2D eigenvalue weighted by Crippen LogP contribution is 2.25. The third-order valence-corrected chi connectivity index (χ3v) is 3.72. The lowest BCUT2D eigenvalue weighted by atomic mass is 10.1. The van der Waals surface area contributed by atoms with E-state index in [4.69, 9.17) is 0 Å². The van der Waals surface area contributed by atoms with Gasteiger partial charge in [0.25, 0.3) is 5.91 Å². The fraction of sp³-hybridized carbons (Fsp3) is 0.100. The first kappa shape index (κ1) is 17.1.